The zero-order chi connectivity index (χ0) is 19.3. The van der Waals surface area contributed by atoms with Crippen molar-refractivity contribution in [2.75, 3.05) is 32.7 Å². The normalized spacial score (nSPS) is 17.8. The quantitative estimate of drug-likeness (QED) is 0.734. The molecule has 1 aromatic rings. The van der Waals surface area contributed by atoms with Crippen molar-refractivity contribution in [2.45, 2.75) is 37.6 Å². The van der Waals surface area contributed by atoms with Gasteiger partial charge in [-0.15, -0.1) is 0 Å². The lowest BCUT2D eigenvalue weighted by molar-refractivity contribution is -0.123. The molecule has 0 radical (unpaired) electrons. The number of halogens is 2. The van der Waals surface area contributed by atoms with Crippen LogP contribution in [-0.2, 0) is 14.8 Å². The molecule has 9 heteroatoms. The summed E-state index contributed by atoms with van der Waals surface area (Å²) in [7, 11) is -3.76. The fourth-order valence-corrected chi connectivity index (χ4v) is 5.53. The Morgan fingerprint density at radius 3 is 2.31 bits per heavy atom. The van der Waals surface area contributed by atoms with Gasteiger partial charge in [-0.25, -0.2) is 8.42 Å². The van der Waals surface area contributed by atoms with Gasteiger partial charge < -0.3 is 5.32 Å². The number of sulfonamides is 1. The van der Waals surface area contributed by atoms with Crippen molar-refractivity contribution in [3.05, 3.63) is 28.2 Å². The number of carbonyl (C=O) groups excluding carboxylic acids is 1. The van der Waals surface area contributed by atoms with Crippen molar-refractivity contribution < 1.29 is 13.2 Å². The molecule has 146 valence electrons. The molecule has 0 saturated carbocycles. The molecule has 0 bridgehead atoms. The van der Waals surface area contributed by atoms with Gasteiger partial charge in [0.2, 0.25) is 15.9 Å². The molecule has 1 fully saturated rings. The largest absolute Gasteiger partial charge is 0.353 e. The van der Waals surface area contributed by atoms with Gasteiger partial charge in [0, 0.05) is 32.2 Å². The number of hydrogen-bond donors (Lipinski definition) is 1. The predicted molar refractivity (Wildman–Crippen MR) is 104 cm³/mol. The number of hydrogen-bond acceptors (Lipinski definition) is 4. The summed E-state index contributed by atoms with van der Waals surface area (Å²) in [6.07, 6.45) is 1.96. The van der Waals surface area contributed by atoms with Crippen LogP contribution < -0.4 is 5.32 Å². The van der Waals surface area contributed by atoms with Gasteiger partial charge >= 0.3 is 0 Å². The zero-order valence-corrected chi connectivity index (χ0v) is 17.4. The summed E-state index contributed by atoms with van der Waals surface area (Å²) in [6, 6.07) is 4.79. The van der Waals surface area contributed by atoms with E-state index in [4.69, 9.17) is 23.2 Å². The molecule has 0 aliphatic carbocycles. The van der Waals surface area contributed by atoms with Crippen molar-refractivity contribution in [2.24, 2.45) is 0 Å². The summed E-state index contributed by atoms with van der Waals surface area (Å²) in [5.74, 6) is -0.0311. The minimum atomic E-state index is -3.76. The topological polar surface area (TPSA) is 69.7 Å². The van der Waals surface area contributed by atoms with Gasteiger partial charge in [0.15, 0.2) is 0 Å². The minimum Gasteiger partial charge on any atom is -0.353 e. The Hall–Kier alpha value is -0.860. The van der Waals surface area contributed by atoms with Crippen molar-refractivity contribution in [3.63, 3.8) is 0 Å². The summed E-state index contributed by atoms with van der Waals surface area (Å²) >= 11 is 12.1. The molecule has 1 atom stereocenters. The van der Waals surface area contributed by atoms with Crippen LogP contribution in [-0.4, -0.2) is 62.3 Å². The number of benzene rings is 1. The molecule has 0 unspecified atom stereocenters. The van der Waals surface area contributed by atoms with Crippen LogP contribution in [0, 0.1) is 0 Å². The Morgan fingerprint density at radius 1 is 1.19 bits per heavy atom. The van der Waals surface area contributed by atoms with Gasteiger partial charge in [-0.05, 0) is 25.5 Å². The van der Waals surface area contributed by atoms with E-state index in [9.17, 15) is 13.2 Å². The number of nitrogens with zero attached hydrogens (tertiary/aromatic N) is 2. The summed E-state index contributed by atoms with van der Waals surface area (Å²) in [5.41, 5.74) is 0. The molecule has 0 aromatic heterocycles. The van der Waals surface area contributed by atoms with Crippen LogP contribution in [0.1, 0.15) is 26.7 Å². The van der Waals surface area contributed by atoms with Crippen LogP contribution in [0.25, 0.3) is 0 Å². The molecule has 1 saturated heterocycles. The second kappa shape index (κ2) is 9.37. The van der Waals surface area contributed by atoms with E-state index in [-0.39, 0.29) is 33.4 Å². The van der Waals surface area contributed by atoms with Crippen molar-refractivity contribution >= 4 is 39.1 Å². The Bertz CT molecular complexity index is 715. The van der Waals surface area contributed by atoms with Crippen molar-refractivity contribution in [3.8, 4) is 0 Å². The predicted octanol–water partition coefficient (Wildman–Crippen LogP) is 2.60. The number of piperazine rings is 1. The first-order chi connectivity index (χ1) is 12.3. The molecule has 2 rings (SSSR count). The van der Waals surface area contributed by atoms with E-state index in [0.717, 1.165) is 12.8 Å². The first-order valence-electron chi connectivity index (χ1n) is 8.71. The molecule has 1 aromatic carbocycles. The maximum atomic E-state index is 12.8. The SMILES string of the molecule is CCC[C@H](C)NC(=O)CN1CCN(S(=O)(=O)c2c(Cl)cccc2Cl)CC1. The molecule has 0 spiro atoms. The molecule has 1 heterocycles. The van der Waals surface area contributed by atoms with Crippen LogP contribution in [0.5, 0.6) is 0 Å². The Labute approximate surface area is 165 Å². The van der Waals surface area contributed by atoms with Crippen LogP contribution in [0.15, 0.2) is 23.1 Å². The molecule has 1 amide bonds. The molecule has 1 aliphatic rings. The molecule has 26 heavy (non-hydrogen) atoms. The standard InChI is InChI=1S/C17H25Cl2N3O3S/c1-3-5-13(2)20-16(23)12-21-8-10-22(11-9-21)26(24,25)17-14(18)6-4-7-15(17)19/h4,6-7,13H,3,5,8-12H2,1-2H3,(H,20,23)/t13-/m0/s1. The summed E-state index contributed by atoms with van der Waals surface area (Å²) in [6.45, 7) is 5.89. The van der Waals surface area contributed by atoms with E-state index in [1.165, 1.54) is 16.4 Å². The Balaban J connectivity index is 1.95. The average Bonchev–Trinajstić information content (AvgIpc) is 2.55. The summed E-state index contributed by atoms with van der Waals surface area (Å²) in [4.78, 5) is 14.0. The van der Waals surface area contributed by atoms with Crippen molar-refractivity contribution in [1.82, 2.24) is 14.5 Å². The highest BCUT2D eigenvalue weighted by molar-refractivity contribution is 7.89. The Kier molecular flexibility index (Phi) is 7.73. The maximum Gasteiger partial charge on any atom is 0.246 e. The summed E-state index contributed by atoms with van der Waals surface area (Å²) in [5, 5.41) is 3.19. The third-order valence-corrected chi connectivity index (χ3v) is 7.20. The molecular formula is C17H25Cl2N3O3S. The first kappa shape index (κ1) is 21.4. The van der Waals surface area contributed by atoms with E-state index in [1.807, 2.05) is 11.8 Å². The molecular weight excluding hydrogens is 397 g/mol. The van der Waals surface area contributed by atoms with Gasteiger partial charge in [-0.1, -0.05) is 42.6 Å². The number of carbonyl (C=O) groups is 1. The molecule has 1 aliphatic heterocycles. The number of nitrogens with one attached hydrogen (secondary N) is 1. The van der Waals surface area contributed by atoms with Gasteiger partial charge in [-0.2, -0.15) is 4.31 Å². The van der Waals surface area contributed by atoms with Gasteiger partial charge in [0.1, 0.15) is 4.90 Å². The maximum absolute atomic E-state index is 12.8. The third-order valence-electron chi connectivity index (χ3n) is 4.34. The third kappa shape index (κ3) is 5.33. The summed E-state index contributed by atoms with van der Waals surface area (Å²) < 4.78 is 27.0. The van der Waals surface area contributed by atoms with Crippen LogP contribution >= 0.6 is 23.2 Å². The van der Waals surface area contributed by atoms with E-state index in [1.54, 1.807) is 6.07 Å². The highest BCUT2D eigenvalue weighted by atomic mass is 35.5. The lowest BCUT2D eigenvalue weighted by atomic mass is 10.2. The smallest absolute Gasteiger partial charge is 0.246 e. The van der Waals surface area contributed by atoms with Crippen LogP contribution in [0.4, 0.5) is 0 Å². The Morgan fingerprint density at radius 2 is 1.77 bits per heavy atom. The fourth-order valence-electron chi connectivity index (χ4n) is 3.01. The van der Waals surface area contributed by atoms with Gasteiger partial charge in [0.05, 0.1) is 16.6 Å². The van der Waals surface area contributed by atoms with E-state index in [2.05, 4.69) is 12.2 Å². The number of amides is 1. The van der Waals surface area contributed by atoms with Gasteiger partial charge in [0.25, 0.3) is 0 Å². The van der Waals surface area contributed by atoms with E-state index in [0.29, 0.717) is 26.2 Å². The van der Waals surface area contributed by atoms with Crippen LogP contribution in [0.3, 0.4) is 0 Å². The highest BCUT2D eigenvalue weighted by Crippen LogP contribution is 2.31. The first-order valence-corrected chi connectivity index (χ1v) is 10.9. The fraction of sp³-hybridized carbons (Fsp3) is 0.588. The molecule has 1 N–H and O–H groups in total. The van der Waals surface area contributed by atoms with E-state index < -0.39 is 10.0 Å². The lowest BCUT2D eigenvalue weighted by Gasteiger charge is -2.34. The molecule has 6 nitrogen and oxygen atoms in total. The minimum absolute atomic E-state index is 0.0311. The monoisotopic (exact) mass is 421 g/mol. The van der Waals surface area contributed by atoms with Gasteiger partial charge in [-0.3, -0.25) is 9.69 Å². The number of rotatable bonds is 7. The van der Waals surface area contributed by atoms with Crippen LogP contribution in [0.2, 0.25) is 10.0 Å². The van der Waals surface area contributed by atoms with Crippen molar-refractivity contribution in [1.29, 1.82) is 0 Å². The lowest BCUT2D eigenvalue weighted by Crippen LogP contribution is -2.51. The zero-order valence-electron chi connectivity index (χ0n) is 15.0. The second-order valence-corrected chi connectivity index (χ2v) is 9.18. The highest BCUT2D eigenvalue weighted by Gasteiger charge is 2.32. The van der Waals surface area contributed by atoms with E-state index >= 15 is 0 Å². The average molecular weight is 422 g/mol. The second-order valence-electron chi connectivity index (χ2n) is 6.49.